The van der Waals surface area contributed by atoms with Crippen LogP contribution in [-0.4, -0.2) is 19.1 Å². The average Bonchev–Trinajstić information content (AvgIpc) is 3.32. The van der Waals surface area contributed by atoms with Gasteiger partial charge in [0.2, 0.25) is 0 Å². The van der Waals surface area contributed by atoms with Crippen molar-refractivity contribution in [3.05, 3.63) is 142 Å². The highest BCUT2D eigenvalue weighted by atomic mass is 16.6. The Morgan fingerprint density at radius 2 is 1.23 bits per heavy atom. The van der Waals surface area contributed by atoms with E-state index in [-0.39, 0.29) is 5.97 Å². The number of carbonyl (C=O) groups is 1. The molecule has 2 aliphatic rings. The van der Waals surface area contributed by atoms with E-state index < -0.39 is 5.60 Å². The van der Waals surface area contributed by atoms with Crippen LogP contribution < -0.4 is 14.5 Å². The first-order valence-electron chi connectivity index (χ1n) is 15.3. The van der Waals surface area contributed by atoms with Gasteiger partial charge in [-0.05, 0) is 93.8 Å². The number of anilines is 4. The van der Waals surface area contributed by atoms with E-state index in [9.17, 15) is 4.79 Å². The van der Waals surface area contributed by atoms with Crippen LogP contribution in [0.4, 0.5) is 22.7 Å². The van der Waals surface area contributed by atoms with Crippen LogP contribution in [0.15, 0.2) is 103 Å². The molecule has 2 aliphatic heterocycles. The number of aryl methyl sites for hydroxylation is 3. The van der Waals surface area contributed by atoms with E-state index in [0.29, 0.717) is 17.1 Å². The summed E-state index contributed by atoms with van der Waals surface area (Å²) in [5.41, 5.74) is 9.51. The second kappa shape index (κ2) is 10.6. The number of benzene rings is 5. The Bertz CT molecular complexity index is 1880. The number of ether oxygens (including phenoxy) is 2. The number of hydrogen-bond donors (Lipinski definition) is 0. The predicted octanol–water partition coefficient (Wildman–Crippen LogP) is 9.50. The Morgan fingerprint density at radius 3 is 1.89 bits per heavy atom. The van der Waals surface area contributed by atoms with Crippen molar-refractivity contribution >= 4 is 28.7 Å². The summed E-state index contributed by atoms with van der Waals surface area (Å²) in [7, 11) is 0. The molecule has 44 heavy (non-hydrogen) atoms. The molecule has 2 heterocycles. The van der Waals surface area contributed by atoms with Gasteiger partial charge in [0.1, 0.15) is 11.5 Å². The lowest BCUT2D eigenvalue weighted by Crippen LogP contribution is -2.33. The minimum absolute atomic E-state index is 0.330. The van der Waals surface area contributed by atoms with Gasteiger partial charge in [-0.15, -0.1) is 0 Å². The lowest BCUT2D eigenvalue weighted by Gasteiger charge is -2.39. The van der Waals surface area contributed by atoms with E-state index in [4.69, 9.17) is 9.47 Å². The van der Waals surface area contributed by atoms with Crippen molar-refractivity contribution < 1.29 is 14.3 Å². The molecule has 5 nitrogen and oxygen atoms in total. The first-order valence-corrected chi connectivity index (χ1v) is 15.3. The third-order valence-corrected chi connectivity index (χ3v) is 9.10. The lowest BCUT2D eigenvalue weighted by molar-refractivity contribution is 0.0224. The van der Waals surface area contributed by atoms with Crippen LogP contribution in [-0.2, 0) is 10.3 Å². The van der Waals surface area contributed by atoms with E-state index in [1.165, 1.54) is 0 Å². The highest BCUT2D eigenvalue weighted by Crippen LogP contribution is 2.58. The SMILES string of the molecule is CCN(CC)c1ccc2c(c1)Oc1cc(C)c(N(c3ccccc3C)c3ccccc3C)cc1C21OC(=O)c2ccccc21. The van der Waals surface area contributed by atoms with Crippen molar-refractivity contribution in [2.75, 3.05) is 22.9 Å². The Hall–Kier alpha value is -5.03. The third-order valence-electron chi connectivity index (χ3n) is 9.10. The molecule has 0 aliphatic carbocycles. The highest BCUT2D eigenvalue weighted by Gasteiger charge is 2.54. The fourth-order valence-electron chi connectivity index (χ4n) is 6.84. The van der Waals surface area contributed by atoms with Gasteiger partial charge in [0.15, 0.2) is 5.60 Å². The van der Waals surface area contributed by atoms with Crippen LogP contribution in [0.3, 0.4) is 0 Å². The minimum atomic E-state index is -1.15. The zero-order valence-electron chi connectivity index (χ0n) is 25.8. The van der Waals surface area contributed by atoms with Crippen molar-refractivity contribution in [2.24, 2.45) is 0 Å². The molecule has 0 aromatic heterocycles. The molecule has 0 N–H and O–H groups in total. The minimum Gasteiger partial charge on any atom is -0.456 e. The van der Waals surface area contributed by atoms with Crippen LogP contribution in [0.5, 0.6) is 11.5 Å². The maximum absolute atomic E-state index is 13.6. The first-order chi connectivity index (χ1) is 21.4. The van der Waals surface area contributed by atoms with Crippen LogP contribution in [0.1, 0.15) is 57.6 Å². The molecule has 0 saturated heterocycles. The van der Waals surface area contributed by atoms with Gasteiger partial charge in [0, 0.05) is 58.6 Å². The largest absolute Gasteiger partial charge is 0.456 e. The smallest absolute Gasteiger partial charge is 0.340 e. The molecule has 5 aromatic carbocycles. The number of esters is 1. The molecule has 1 atom stereocenters. The molecule has 0 fully saturated rings. The molecular formula is C39H36N2O3. The van der Waals surface area contributed by atoms with Gasteiger partial charge in [-0.1, -0.05) is 54.6 Å². The molecule has 220 valence electrons. The van der Waals surface area contributed by atoms with Gasteiger partial charge in [-0.3, -0.25) is 0 Å². The van der Waals surface area contributed by atoms with Gasteiger partial charge >= 0.3 is 5.97 Å². The summed E-state index contributed by atoms with van der Waals surface area (Å²) in [5, 5.41) is 0. The van der Waals surface area contributed by atoms with Crippen molar-refractivity contribution in [3.8, 4) is 11.5 Å². The van der Waals surface area contributed by atoms with Gasteiger partial charge in [0.25, 0.3) is 0 Å². The van der Waals surface area contributed by atoms with Crippen molar-refractivity contribution in [1.29, 1.82) is 0 Å². The maximum atomic E-state index is 13.6. The average molecular weight is 581 g/mol. The Labute approximate surface area is 259 Å². The second-order valence-electron chi connectivity index (χ2n) is 11.6. The highest BCUT2D eigenvalue weighted by molar-refractivity contribution is 5.97. The molecular weight excluding hydrogens is 544 g/mol. The van der Waals surface area contributed by atoms with Crippen LogP contribution in [0, 0.1) is 20.8 Å². The molecule has 0 saturated carbocycles. The van der Waals surface area contributed by atoms with Gasteiger partial charge in [-0.2, -0.15) is 0 Å². The summed E-state index contributed by atoms with van der Waals surface area (Å²) in [6, 6.07) is 35.1. The molecule has 5 heteroatoms. The topological polar surface area (TPSA) is 42.0 Å². The Morgan fingerprint density at radius 1 is 0.614 bits per heavy atom. The molecule has 5 aromatic rings. The Balaban J connectivity index is 1.52. The fourth-order valence-corrected chi connectivity index (χ4v) is 6.84. The van der Waals surface area contributed by atoms with Gasteiger partial charge in [-0.25, -0.2) is 4.79 Å². The number of rotatable bonds is 6. The quantitative estimate of drug-likeness (QED) is 0.187. The van der Waals surface area contributed by atoms with Crippen molar-refractivity contribution in [3.63, 3.8) is 0 Å². The number of fused-ring (bicyclic) bond motifs is 6. The van der Waals surface area contributed by atoms with Gasteiger partial charge in [0.05, 0.1) is 5.56 Å². The summed E-state index contributed by atoms with van der Waals surface area (Å²) >= 11 is 0. The summed E-state index contributed by atoms with van der Waals surface area (Å²) in [4.78, 5) is 18.2. The van der Waals surface area contributed by atoms with E-state index in [1.807, 2.05) is 24.3 Å². The number of carbonyl (C=O) groups excluding carboxylic acids is 1. The summed E-state index contributed by atoms with van der Waals surface area (Å²) in [6.45, 7) is 12.4. The summed E-state index contributed by atoms with van der Waals surface area (Å²) < 4.78 is 13.3. The van der Waals surface area contributed by atoms with E-state index in [0.717, 1.165) is 69.2 Å². The first kappa shape index (κ1) is 27.8. The predicted molar refractivity (Wildman–Crippen MR) is 177 cm³/mol. The Kier molecular flexibility index (Phi) is 6.69. The summed E-state index contributed by atoms with van der Waals surface area (Å²) in [6.07, 6.45) is 0. The number of hydrogen-bond acceptors (Lipinski definition) is 5. The second-order valence-corrected chi connectivity index (χ2v) is 11.6. The summed E-state index contributed by atoms with van der Waals surface area (Å²) in [5.74, 6) is 1.06. The lowest BCUT2D eigenvalue weighted by atomic mass is 9.77. The van der Waals surface area contributed by atoms with Crippen molar-refractivity contribution in [2.45, 2.75) is 40.2 Å². The van der Waals surface area contributed by atoms with E-state index >= 15 is 0 Å². The molecule has 0 radical (unpaired) electrons. The monoisotopic (exact) mass is 580 g/mol. The van der Waals surface area contributed by atoms with Crippen LogP contribution in [0.25, 0.3) is 0 Å². The molecule has 1 unspecified atom stereocenters. The van der Waals surface area contributed by atoms with Crippen LogP contribution in [0.2, 0.25) is 0 Å². The van der Waals surface area contributed by atoms with E-state index in [2.05, 4.69) is 123 Å². The zero-order valence-corrected chi connectivity index (χ0v) is 25.8. The molecule has 0 amide bonds. The zero-order chi connectivity index (χ0) is 30.6. The maximum Gasteiger partial charge on any atom is 0.340 e. The van der Waals surface area contributed by atoms with Gasteiger partial charge < -0.3 is 19.3 Å². The third kappa shape index (κ3) is 4.10. The standard InChI is InChI=1S/C39H36N2O3/c1-6-40(7-2)28-20-21-31-37(23-28)43-36-22-27(5)35(24-32(36)39(31)30-17-11-10-16-29(30)38(42)44-39)41(33-18-12-8-14-25(33)3)34-19-13-9-15-26(34)4/h8-24H,6-7H2,1-5H3. The normalized spacial score (nSPS) is 16.1. The van der Waals surface area contributed by atoms with Crippen LogP contribution >= 0.6 is 0 Å². The van der Waals surface area contributed by atoms with E-state index in [1.54, 1.807) is 0 Å². The number of nitrogens with zero attached hydrogens (tertiary/aromatic N) is 2. The molecule has 1 spiro atoms. The molecule has 0 bridgehead atoms. The number of para-hydroxylation sites is 2. The van der Waals surface area contributed by atoms with Crippen molar-refractivity contribution in [1.82, 2.24) is 0 Å². The molecule has 7 rings (SSSR count). The fraction of sp³-hybridized carbons (Fsp3) is 0.205.